The van der Waals surface area contributed by atoms with E-state index >= 15 is 0 Å². The van der Waals surface area contributed by atoms with Gasteiger partial charge in [-0.2, -0.15) is 0 Å². The molecule has 18 heavy (non-hydrogen) atoms. The Hall–Kier alpha value is -1.81. The normalized spacial score (nSPS) is 10.1. The molecule has 0 atom stereocenters. The molecule has 0 spiro atoms. The summed E-state index contributed by atoms with van der Waals surface area (Å²) in [6, 6.07) is 14.5. The third kappa shape index (κ3) is 3.11. The van der Waals surface area contributed by atoms with E-state index in [0.29, 0.717) is 11.3 Å². The van der Waals surface area contributed by atoms with E-state index in [0.717, 1.165) is 10.0 Å². The molecule has 4 heteroatoms. The van der Waals surface area contributed by atoms with Crippen LogP contribution in [0.1, 0.15) is 15.9 Å². The summed E-state index contributed by atoms with van der Waals surface area (Å²) in [6.07, 6.45) is 0. The Morgan fingerprint density at radius 1 is 1.17 bits per heavy atom. The first-order chi connectivity index (χ1) is 8.66. The van der Waals surface area contributed by atoms with Gasteiger partial charge in [0.25, 0.3) is 0 Å². The number of halogens is 1. The molecule has 0 aliphatic heterocycles. The number of hydrogen-bond donors (Lipinski definition) is 1. The number of para-hydroxylation sites is 1. The highest BCUT2D eigenvalue weighted by molar-refractivity contribution is 9.10. The van der Waals surface area contributed by atoms with Crippen molar-refractivity contribution in [2.24, 2.45) is 0 Å². The molecule has 0 heterocycles. The molecule has 0 saturated carbocycles. The number of hydrogen-bond acceptors (Lipinski definition) is 3. The second-order valence-corrected chi connectivity index (χ2v) is 4.71. The molecule has 2 aromatic carbocycles. The number of nitrogens with two attached hydrogens (primary N) is 1. The smallest absolute Gasteiger partial charge is 0.340 e. The van der Waals surface area contributed by atoms with Gasteiger partial charge in [-0.3, -0.25) is 0 Å². The second-order valence-electron chi connectivity index (χ2n) is 3.79. The highest BCUT2D eigenvalue weighted by Crippen LogP contribution is 2.15. The molecule has 0 unspecified atom stereocenters. The standard InChI is InChI=1S/C14H12BrNO2/c15-11-5-3-4-10(8-11)9-18-14(17)12-6-1-2-7-13(12)16/h1-8H,9,16H2. The molecule has 2 aromatic rings. The Kier molecular flexibility index (Phi) is 3.99. The molecule has 3 nitrogen and oxygen atoms in total. The van der Waals surface area contributed by atoms with E-state index in [1.165, 1.54) is 0 Å². The van der Waals surface area contributed by atoms with Crippen molar-refractivity contribution in [3.63, 3.8) is 0 Å². The molecule has 0 aliphatic rings. The van der Waals surface area contributed by atoms with Crippen LogP contribution in [0.5, 0.6) is 0 Å². The predicted octanol–water partition coefficient (Wildman–Crippen LogP) is 3.39. The topological polar surface area (TPSA) is 52.3 Å². The third-order valence-corrected chi connectivity index (χ3v) is 2.93. The maximum Gasteiger partial charge on any atom is 0.340 e. The van der Waals surface area contributed by atoms with Crippen molar-refractivity contribution in [2.45, 2.75) is 6.61 Å². The van der Waals surface area contributed by atoms with Crippen LogP contribution in [-0.2, 0) is 11.3 Å². The highest BCUT2D eigenvalue weighted by atomic mass is 79.9. The van der Waals surface area contributed by atoms with Crippen LogP contribution in [-0.4, -0.2) is 5.97 Å². The lowest BCUT2D eigenvalue weighted by Gasteiger charge is -2.07. The van der Waals surface area contributed by atoms with Crippen LogP contribution in [0.3, 0.4) is 0 Å². The van der Waals surface area contributed by atoms with Gasteiger partial charge in [0.2, 0.25) is 0 Å². The van der Waals surface area contributed by atoms with Gasteiger partial charge in [0.05, 0.1) is 5.56 Å². The molecule has 0 radical (unpaired) electrons. The van der Waals surface area contributed by atoms with Gasteiger partial charge in [-0.05, 0) is 29.8 Å². The lowest BCUT2D eigenvalue weighted by Crippen LogP contribution is -2.08. The molecule has 0 bridgehead atoms. The number of benzene rings is 2. The zero-order valence-electron chi connectivity index (χ0n) is 9.60. The minimum Gasteiger partial charge on any atom is -0.457 e. The minimum atomic E-state index is -0.409. The first-order valence-corrected chi connectivity index (χ1v) is 6.22. The van der Waals surface area contributed by atoms with E-state index in [9.17, 15) is 4.79 Å². The van der Waals surface area contributed by atoms with Crippen molar-refractivity contribution >= 4 is 27.6 Å². The van der Waals surface area contributed by atoms with Crippen molar-refractivity contribution < 1.29 is 9.53 Å². The SMILES string of the molecule is Nc1ccccc1C(=O)OCc1cccc(Br)c1. The van der Waals surface area contributed by atoms with Crippen molar-refractivity contribution in [1.82, 2.24) is 0 Å². The molecule has 2 N–H and O–H groups in total. The van der Waals surface area contributed by atoms with Crippen LogP contribution in [0.2, 0.25) is 0 Å². The largest absolute Gasteiger partial charge is 0.457 e. The van der Waals surface area contributed by atoms with Gasteiger partial charge in [0.1, 0.15) is 6.61 Å². The maximum absolute atomic E-state index is 11.8. The number of carbonyl (C=O) groups is 1. The van der Waals surface area contributed by atoms with Crippen LogP contribution in [0.25, 0.3) is 0 Å². The molecule has 92 valence electrons. The lowest BCUT2D eigenvalue weighted by molar-refractivity contribution is 0.0474. The van der Waals surface area contributed by atoms with Gasteiger partial charge in [0, 0.05) is 10.2 Å². The van der Waals surface area contributed by atoms with Crippen LogP contribution in [0.4, 0.5) is 5.69 Å². The molecular weight excluding hydrogens is 294 g/mol. The van der Waals surface area contributed by atoms with Crippen molar-refractivity contribution in [2.75, 3.05) is 5.73 Å². The summed E-state index contributed by atoms with van der Waals surface area (Å²) in [4.78, 5) is 11.8. The summed E-state index contributed by atoms with van der Waals surface area (Å²) < 4.78 is 6.16. The average Bonchev–Trinajstić information content (AvgIpc) is 2.37. The van der Waals surface area contributed by atoms with E-state index in [4.69, 9.17) is 10.5 Å². The number of rotatable bonds is 3. The van der Waals surface area contributed by atoms with Crippen molar-refractivity contribution in [1.29, 1.82) is 0 Å². The van der Waals surface area contributed by atoms with Gasteiger partial charge >= 0.3 is 5.97 Å². The van der Waals surface area contributed by atoms with Crippen LogP contribution in [0, 0.1) is 0 Å². The van der Waals surface area contributed by atoms with Gasteiger partial charge in [-0.1, -0.05) is 40.2 Å². The zero-order chi connectivity index (χ0) is 13.0. The van der Waals surface area contributed by atoms with E-state index in [2.05, 4.69) is 15.9 Å². The molecule has 0 aromatic heterocycles. The van der Waals surface area contributed by atoms with Crippen LogP contribution < -0.4 is 5.73 Å². The fourth-order valence-electron chi connectivity index (χ4n) is 1.54. The van der Waals surface area contributed by atoms with Crippen LogP contribution >= 0.6 is 15.9 Å². The van der Waals surface area contributed by atoms with Gasteiger partial charge in [-0.15, -0.1) is 0 Å². The summed E-state index contributed by atoms with van der Waals surface area (Å²) >= 11 is 3.37. The first-order valence-electron chi connectivity index (χ1n) is 5.43. The average molecular weight is 306 g/mol. The van der Waals surface area contributed by atoms with Gasteiger partial charge in [0.15, 0.2) is 0 Å². The predicted molar refractivity (Wildman–Crippen MR) is 74.1 cm³/mol. The second kappa shape index (κ2) is 5.69. The molecule has 0 amide bonds. The summed E-state index contributed by atoms with van der Waals surface area (Å²) in [5.41, 5.74) is 7.45. The quantitative estimate of drug-likeness (QED) is 0.698. The third-order valence-electron chi connectivity index (χ3n) is 2.44. The summed E-state index contributed by atoms with van der Waals surface area (Å²) in [5.74, 6) is -0.409. The molecule has 2 rings (SSSR count). The lowest BCUT2D eigenvalue weighted by atomic mass is 10.2. The molecule has 0 fully saturated rings. The summed E-state index contributed by atoms with van der Waals surface area (Å²) in [6.45, 7) is 0.229. The maximum atomic E-state index is 11.8. The van der Waals surface area contributed by atoms with E-state index in [1.807, 2.05) is 24.3 Å². The number of nitrogen functional groups attached to an aromatic ring is 1. The number of anilines is 1. The Morgan fingerprint density at radius 3 is 2.67 bits per heavy atom. The molecule has 0 saturated heterocycles. The highest BCUT2D eigenvalue weighted by Gasteiger charge is 2.10. The number of esters is 1. The van der Waals surface area contributed by atoms with Crippen molar-refractivity contribution in [3.8, 4) is 0 Å². The zero-order valence-corrected chi connectivity index (χ0v) is 11.2. The Morgan fingerprint density at radius 2 is 1.94 bits per heavy atom. The number of carbonyl (C=O) groups excluding carboxylic acids is 1. The monoisotopic (exact) mass is 305 g/mol. The Bertz CT molecular complexity index is 569. The summed E-state index contributed by atoms with van der Waals surface area (Å²) in [7, 11) is 0. The fourth-order valence-corrected chi connectivity index (χ4v) is 1.98. The fraction of sp³-hybridized carbons (Fsp3) is 0.0714. The Balaban J connectivity index is 2.03. The van der Waals surface area contributed by atoms with Gasteiger partial charge < -0.3 is 10.5 Å². The van der Waals surface area contributed by atoms with E-state index < -0.39 is 5.97 Å². The van der Waals surface area contributed by atoms with Crippen LogP contribution in [0.15, 0.2) is 53.0 Å². The first kappa shape index (κ1) is 12.6. The summed E-state index contributed by atoms with van der Waals surface area (Å²) in [5, 5.41) is 0. The van der Waals surface area contributed by atoms with Gasteiger partial charge in [-0.25, -0.2) is 4.79 Å². The molecule has 0 aliphatic carbocycles. The van der Waals surface area contributed by atoms with E-state index in [1.54, 1.807) is 24.3 Å². The van der Waals surface area contributed by atoms with Crippen molar-refractivity contribution in [3.05, 3.63) is 64.1 Å². The molecular formula is C14H12BrNO2. The van der Waals surface area contributed by atoms with E-state index in [-0.39, 0.29) is 6.61 Å². The minimum absolute atomic E-state index is 0.229. The number of ether oxygens (including phenoxy) is 1. The Labute approximate surface area is 114 Å².